The lowest BCUT2D eigenvalue weighted by molar-refractivity contribution is 0.0969. The van der Waals surface area contributed by atoms with Gasteiger partial charge in [-0.3, -0.25) is 9.48 Å². The van der Waals surface area contributed by atoms with Crippen molar-refractivity contribution in [3.05, 3.63) is 17.5 Å². The third kappa shape index (κ3) is 3.99. The number of hydrogen-bond acceptors (Lipinski definition) is 2. The molecule has 0 aliphatic heterocycles. The molecule has 0 bridgehead atoms. The number of unbranched alkanes of at least 4 members (excludes halogenated alkanes) is 3. The molecule has 1 aromatic heterocycles. The second kappa shape index (κ2) is 7.25. The predicted molar refractivity (Wildman–Crippen MR) is 70.4 cm³/mol. The van der Waals surface area contributed by atoms with E-state index in [1.165, 1.54) is 12.8 Å². The summed E-state index contributed by atoms with van der Waals surface area (Å²) in [5.41, 5.74) is 1.81. The Kier molecular flexibility index (Phi) is 5.95. The first kappa shape index (κ1) is 13.9. The Labute approximate surface area is 104 Å². The van der Waals surface area contributed by atoms with Crippen LogP contribution in [0.4, 0.5) is 0 Å². The highest BCUT2D eigenvalue weighted by Crippen LogP contribution is 2.11. The van der Waals surface area contributed by atoms with Gasteiger partial charge in [0, 0.05) is 13.0 Å². The van der Waals surface area contributed by atoms with Crippen LogP contribution in [0, 0.1) is 0 Å². The number of aromatic nitrogens is 2. The Morgan fingerprint density at radius 2 is 2.00 bits per heavy atom. The summed E-state index contributed by atoms with van der Waals surface area (Å²) >= 11 is 0. The molecule has 0 unspecified atom stereocenters. The van der Waals surface area contributed by atoms with Gasteiger partial charge in [-0.15, -0.1) is 0 Å². The van der Waals surface area contributed by atoms with Gasteiger partial charge in [-0.1, -0.05) is 33.1 Å². The van der Waals surface area contributed by atoms with Crippen LogP contribution in [0.25, 0.3) is 0 Å². The molecule has 0 spiro atoms. The van der Waals surface area contributed by atoms with Gasteiger partial charge in [-0.2, -0.15) is 5.10 Å². The molecule has 0 N–H and O–H groups in total. The van der Waals surface area contributed by atoms with Crippen molar-refractivity contribution in [2.45, 2.75) is 65.8 Å². The van der Waals surface area contributed by atoms with Gasteiger partial charge >= 0.3 is 0 Å². The van der Waals surface area contributed by atoms with Crippen molar-refractivity contribution in [3.63, 3.8) is 0 Å². The van der Waals surface area contributed by atoms with Gasteiger partial charge in [0.2, 0.25) is 0 Å². The maximum atomic E-state index is 12.1. The zero-order valence-electron chi connectivity index (χ0n) is 11.3. The summed E-state index contributed by atoms with van der Waals surface area (Å²) in [5, 5.41) is 4.41. The van der Waals surface area contributed by atoms with E-state index in [0.717, 1.165) is 37.2 Å². The molecule has 96 valence electrons. The van der Waals surface area contributed by atoms with E-state index in [-0.39, 0.29) is 5.78 Å². The van der Waals surface area contributed by atoms with E-state index in [0.29, 0.717) is 6.42 Å². The van der Waals surface area contributed by atoms with Crippen molar-refractivity contribution in [1.29, 1.82) is 0 Å². The van der Waals surface area contributed by atoms with Crippen molar-refractivity contribution in [2.75, 3.05) is 0 Å². The summed E-state index contributed by atoms with van der Waals surface area (Å²) in [6.07, 6.45) is 6.14. The first-order valence-corrected chi connectivity index (χ1v) is 6.82. The van der Waals surface area contributed by atoms with Crippen LogP contribution in [0.15, 0.2) is 6.07 Å². The highest BCUT2D eigenvalue weighted by Gasteiger charge is 2.13. The molecular weight excluding hydrogens is 212 g/mol. The number of rotatable bonds is 8. The van der Waals surface area contributed by atoms with Gasteiger partial charge in [0.1, 0.15) is 5.69 Å². The minimum atomic E-state index is 0.246. The van der Waals surface area contributed by atoms with Crippen molar-refractivity contribution in [3.8, 4) is 0 Å². The highest BCUT2D eigenvalue weighted by atomic mass is 16.1. The molecule has 17 heavy (non-hydrogen) atoms. The summed E-state index contributed by atoms with van der Waals surface area (Å²) in [7, 11) is 0. The average Bonchev–Trinajstić information content (AvgIpc) is 2.77. The molecule has 1 aromatic rings. The Balaban J connectivity index is 2.58. The number of hydrogen-bond donors (Lipinski definition) is 0. The fourth-order valence-electron chi connectivity index (χ4n) is 1.95. The largest absolute Gasteiger partial charge is 0.292 e. The lowest BCUT2D eigenvalue weighted by Crippen LogP contribution is -2.09. The number of Topliss-reactive ketones (excluding diaryl/α,β-unsaturated/α-hetero) is 1. The van der Waals surface area contributed by atoms with E-state index in [4.69, 9.17) is 0 Å². The topological polar surface area (TPSA) is 34.9 Å². The van der Waals surface area contributed by atoms with Crippen LogP contribution in [0.1, 0.15) is 69.1 Å². The molecule has 0 aliphatic carbocycles. The molecule has 3 heteroatoms. The normalized spacial score (nSPS) is 10.8. The minimum Gasteiger partial charge on any atom is -0.292 e. The average molecular weight is 236 g/mol. The first-order chi connectivity index (χ1) is 8.22. The Bertz CT molecular complexity index is 355. The summed E-state index contributed by atoms with van der Waals surface area (Å²) in [5.74, 6) is 0.246. The fraction of sp³-hybridized carbons (Fsp3) is 0.714. The van der Waals surface area contributed by atoms with Gasteiger partial charge in [-0.05, 0) is 25.8 Å². The third-order valence-electron chi connectivity index (χ3n) is 3.04. The highest BCUT2D eigenvalue weighted by molar-refractivity contribution is 5.94. The van der Waals surface area contributed by atoms with Crippen molar-refractivity contribution >= 4 is 5.78 Å². The predicted octanol–water partition coefficient (Wildman–Crippen LogP) is 3.62. The van der Waals surface area contributed by atoms with E-state index in [1.807, 2.05) is 17.7 Å². The molecule has 0 saturated heterocycles. The summed E-state index contributed by atoms with van der Waals surface area (Å²) in [6.45, 7) is 7.05. The summed E-state index contributed by atoms with van der Waals surface area (Å²) in [6, 6.07) is 1.95. The monoisotopic (exact) mass is 236 g/mol. The molecule has 0 fully saturated rings. The van der Waals surface area contributed by atoms with Gasteiger partial charge in [0.25, 0.3) is 0 Å². The number of ketones is 1. The maximum Gasteiger partial charge on any atom is 0.180 e. The van der Waals surface area contributed by atoms with Crippen LogP contribution in [-0.2, 0) is 13.0 Å². The number of carbonyl (C=O) groups excluding carboxylic acids is 1. The quantitative estimate of drug-likeness (QED) is 0.510. The number of nitrogens with zero attached hydrogens (tertiary/aromatic N) is 2. The van der Waals surface area contributed by atoms with Gasteiger partial charge in [-0.25, -0.2) is 0 Å². The first-order valence-electron chi connectivity index (χ1n) is 6.82. The lowest BCUT2D eigenvalue weighted by Gasteiger charge is -2.03. The molecule has 0 aromatic carbocycles. The van der Waals surface area contributed by atoms with Crippen molar-refractivity contribution < 1.29 is 4.79 Å². The molecule has 0 aliphatic rings. The van der Waals surface area contributed by atoms with Crippen LogP contribution < -0.4 is 0 Å². The van der Waals surface area contributed by atoms with E-state index >= 15 is 0 Å². The SMILES string of the molecule is CCCCCCC(=O)c1cc(CC)nn1CC. The number of carbonyl (C=O) groups is 1. The minimum absolute atomic E-state index is 0.246. The Morgan fingerprint density at radius 1 is 1.24 bits per heavy atom. The zero-order valence-corrected chi connectivity index (χ0v) is 11.3. The standard InChI is InChI=1S/C14H24N2O/c1-4-7-8-9-10-14(17)13-11-12(5-2)15-16(13)6-3/h11H,4-10H2,1-3H3. The smallest absolute Gasteiger partial charge is 0.180 e. The second-order valence-corrected chi connectivity index (χ2v) is 4.42. The molecule has 0 amide bonds. The van der Waals surface area contributed by atoms with Gasteiger partial charge in [0.05, 0.1) is 5.69 Å². The van der Waals surface area contributed by atoms with Crippen LogP contribution in [0.5, 0.6) is 0 Å². The third-order valence-corrected chi connectivity index (χ3v) is 3.04. The Hall–Kier alpha value is -1.12. The van der Waals surface area contributed by atoms with Crippen LogP contribution >= 0.6 is 0 Å². The second-order valence-electron chi connectivity index (χ2n) is 4.42. The molecule has 0 radical (unpaired) electrons. The van der Waals surface area contributed by atoms with Crippen LogP contribution in [0.3, 0.4) is 0 Å². The summed E-state index contributed by atoms with van der Waals surface area (Å²) in [4.78, 5) is 12.1. The van der Waals surface area contributed by atoms with Crippen LogP contribution in [0.2, 0.25) is 0 Å². The maximum absolute atomic E-state index is 12.1. The van der Waals surface area contributed by atoms with E-state index in [2.05, 4.69) is 18.9 Å². The van der Waals surface area contributed by atoms with Crippen molar-refractivity contribution in [2.24, 2.45) is 0 Å². The molecule has 1 rings (SSSR count). The van der Waals surface area contributed by atoms with E-state index in [1.54, 1.807) is 0 Å². The van der Waals surface area contributed by atoms with Crippen molar-refractivity contribution in [1.82, 2.24) is 9.78 Å². The molecule has 3 nitrogen and oxygen atoms in total. The summed E-state index contributed by atoms with van der Waals surface area (Å²) < 4.78 is 1.83. The lowest BCUT2D eigenvalue weighted by atomic mass is 10.1. The number of aryl methyl sites for hydroxylation is 2. The van der Waals surface area contributed by atoms with Gasteiger partial charge in [0.15, 0.2) is 5.78 Å². The molecule has 1 heterocycles. The fourth-order valence-corrected chi connectivity index (χ4v) is 1.95. The van der Waals surface area contributed by atoms with E-state index in [9.17, 15) is 4.79 Å². The van der Waals surface area contributed by atoms with Gasteiger partial charge < -0.3 is 0 Å². The molecule has 0 saturated carbocycles. The molecule has 0 atom stereocenters. The Morgan fingerprint density at radius 3 is 2.59 bits per heavy atom. The molecular formula is C14H24N2O. The zero-order chi connectivity index (χ0) is 12.7. The van der Waals surface area contributed by atoms with Crippen LogP contribution in [-0.4, -0.2) is 15.6 Å². The van der Waals surface area contributed by atoms with E-state index < -0.39 is 0 Å².